The first kappa shape index (κ1) is 17.1. The first-order valence-corrected chi connectivity index (χ1v) is 7.88. The van der Waals surface area contributed by atoms with Crippen molar-refractivity contribution in [3.8, 4) is 0 Å². The van der Waals surface area contributed by atoms with Gasteiger partial charge >= 0.3 is 0 Å². The molecular formula is C15H29N3O2. The molecule has 0 atom stereocenters. The highest BCUT2D eigenvalue weighted by Gasteiger charge is 2.17. The van der Waals surface area contributed by atoms with Gasteiger partial charge in [0.25, 0.3) is 0 Å². The van der Waals surface area contributed by atoms with Crippen LogP contribution in [0.25, 0.3) is 0 Å². The van der Waals surface area contributed by atoms with E-state index in [2.05, 4.69) is 22.0 Å². The standard InChI is InChI=1S/C15H29N3O2/c1-3-7-16-15(20)6-9-18-12-10-17(11-13-18)8-5-14(19)4-2/h3-13H2,1-2H3,(H,16,20). The molecule has 1 aliphatic rings. The maximum absolute atomic E-state index is 11.5. The lowest BCUT2D eigenvalue weighted by Gasteiger charge is -2.34. The van der Waals surface area contributed by atoms with Gasteiger partial charge in [-0.3, -0.25) is 9.59 Å². The zero-order chi connectivity index (χ0) is 14.8. The van der Waals surface area contributed by atoms with E-state index in [1.807, 2.05) is 6.92 Å². The number of nitrogens with one attached hydrogen (secondary N) is 1. The molecule has 1 amide bonds. The second kappa shape index (κ2) is 9.88. The highest BCUT2D eigenvalue weighted by Crippen LogP contribution is 2.04. The van der Waals surface area contributed by atoms with E-state index in [0.717, 1.165) is 52.2 Å². The van der Waals surface area contributed by atoms with Crippen molar-refractivity contribution in [2.45, 2.75) is 39.5 Å². The molecule has 20 heavy (non-hydrogen) atoms. The normalized spacial score (nSPS) is 17.1. The van der Waals surface area contributed by atoms with Crippen LogP contribution in [0, 0.1) is 0 Å². The predicted molar refractivity (Wildman–Crippen MR) is 80.7 cm³/mol. The summed E-state index contributed by atoms with van der Waals surface area (Å²) in [5, 5.41) is 2.91. The van der Waals surface area contributed by atoms with E-state index in [4.69, 9.17) is 0 Å². The van der Waals surface area contributed by atoms with Gasteiger partial charge in [0.2, 0.25) is 5.91 Å². The van der Waals surface area contributed by atoms with Gasteiger partial charge in [-0.2, -0.15) is 0 Å². The van der Waals surface area contributed by atoms with Crippen LogP contribution < -0.4 is 5.32 Å². The highest BCUT2D eigenvalue weighted by molar-refractivity contribution is 5.78. The van der Waals surface area contributed by atoms with Crippen LogP contribution in [0.2, 0.25) is 0 Å². The van der Waals surface area contributed by atoms with E-state index in [-0.39, 0.29) is 5.91 Å². The smallest absolute Gasteiger partial charge is 0.221 e. The average molecular weight is 283 g/mol. The largest absolute Gasteiger partial charge is 0.356 e. The number of carbonyl (C=O) groups is 2. The molecular weight excluding hydrogens is 254 g/mol. The molecule has 5 heteroatoms. The van der Waals surface area contributed by atoms with E-state index in [9.17, 15) is 9.59 Å². The van der Waals surface area contributed by atoms with Gasteiger partial charge in [0.15, 0.2) is 0 Å². The van der Waals surface area contributed by atoms with Crippen LogP contribution in [0.5, 0.6) is 0 Å². The van der Waals surface area contributed by atoms with Crippen molar-refractivity contribution in [3.63, 3.8) is 0 Å². The molecule has 0 saturated carbocycles. The summed E-state index contributed by atoms with van der Waals surface area (Å²) in [7, 11) is 0. The Morgan fingerprint density at radius 2 is 1.50 bits per heavy atom. The lowest BCUT2D eigenvalue weighted by atomic mass is 10.2. The van der Waals surface area contributed by atoms with Gasteiger partial charge in [-0.1, -0.05) is 13.8 Å². The molecule has 0 unspecified atom stereocenters. The van der Waals surface area contributed by atoms with Crippen molar-refractivity contribution < 1.29 is 9.59 Å². The Labute approximate surface area is 122 Å². The second-order valence-corrected chi connectivity index (χ2v) is 5.43. The number of carbonyl (C=O) groups excluding carboxylic acids is 2. The number of Topliss-reactive ketones (excluding diaryl/α,β-unsaturated/α-hetero) is 1. The maximum Gasteiger partial charge on any atom is 0.221 e. The number of hydrogen-bond acceptors (Lipinski definition) is 4. The van der Waals surface area contributed by atoms with Crippen LogP contribution in [-0.2, 0) is 9.59 Å². The highest BCUT2D eigenvalue weighted by atomic mass is 16.1. The van der Waals surface area contributed by atoms with Gasteiger partial charge in [-0.25, -0.2) is 0 Å². The number of amides is 1. The van der Waals surface area contributed by atoms with Gasteiger partial charge in [-0.05, 0) is 6.42 Å². The monoisotopic (exact) mass is 283 g/mol. The minimum Gasteiger partial charge on any atom is -0.356 e. The molecule has 0 aromatic carbocycles. The molecule has 0 bridgehead atoms. The molecule has 1 saturated heterocycles. The number of rotatable bonds is 9. The Kier molecular flexibility index (Phi) is 8.46. The van der Waals surface area contributed by atoms with E-state index in [1.165, 1.54) is 0 Å². The summed E-state index contributed by atoms with van der Waals surface area (Å²) in [6.45, 7) is 10.5. The molecule has 0 aromatic rings. The molecule has 1 fully saturated rings. The van der Waals surface area contributed by atoms with Gasteiger partial charge in [-0.15, -0.1) is 0 Å². The molecule has 0 aliphatic carbocycles. The third-order valence-electron chi connectivity index (χ3n) is 3.79. The summed E-state index contributed by atoms with van der Waals surface area (Å²) in [6, 6.07) is 0. The SMILES string of the molecule is CCCNC(=O)CCN1CCN(CCC(=O)CC)CC1. The summed E-state index contributed by atoms with van der Waals surface area (Å²) in [5.74, 6) is 0.503. The number of nitrogens with zero attached hydrogens (tertiary/aromatic N) is 2. The van der Waals surface area contributed by atoms with Crippen LogP contribution >= 0.6 is 0 Å². The molecule has 0 aromatic heterocycles. The van der Waals surface area contributed by atoms with Crippen molar-refractivity contribution >= 4 is 11.7 Å². The Morgan fingerprint density at radius 3 is 2.00 bits per heavy atom. The second-order valence-electron chi connectivity index (χ2n) is 5.43. The van der Waals surface area contributed by atoms with Crippen molar-refractivity contribution in [1.29, 1.82) is 0 Å². The van der Waals surface area contributed by atoms with E-state index in [1.54, 1.807) is 0 Å². The molecule has 0 radical (unpaired) electrons. The average Bonchev–Trinajstić information content (AvgIpc) is 2.49. The van der Waals surface area contributed by atoms with Crippen molar-refractivity contribution in [2.24, 2.45) is 0 Å². The Balaban J connectivity index is 2.09. The zero-order valence-corrected chi connectivity index (χ0v) is 13.0. The fourth-order valence-electron chi connectivity index (χ4n) is 2.31. The Morgan fingerprint density at radius 1 is 0.950 bits per heavy atom. The van der Waals surface area contributed by atoms with E-state index in [0.29, 0.717) is 25.0 Å². The molecule has 1 N–H and O–H groups in total. The number of piperazine rings is 1. The lowest BCUT2D eigenvalue weighted by molar-refractivity contribution is -0.122. The predicted octanol–water partition coefficient (Wildman–Crippen LogP) is 0.890. The Hall–Kier alpha value is -0.940. The zero-order valence-electron chi connectivity index (χ0n) is 13.0. The van der Waals surface area contributed by atoms with Crippen LogP contribution in [0.4, 0.5) is 0 Å². The molecule has 1 rings (SSSR count). The summed E-state index contributed by atoms with van der Waals surface area (Å²) >= 11 is 0. The van der Waals surface area contributed by atoms with Crippen molar-refractivity contribution in [1.82, 2.24) is 15.1 Å². The fourth-order valence-corrected chi connectivity index (χ4v) is 2.31. The van der Waals surface area contributed by atoms with Crippen LogP contribution in [-0.4, -0.2) is 67.3 Å². The van der Waals surface area contributed by atoms with Gasteiger partial charge in [0, 0.05) is 65.1 Å². The van der Waals surface area contributed by atoms with Crippen LogP contribution in [0.15, 0.2) is 0 Å². The van der Waals surface area contributed by atoms with Gasteiger partial charge < -0.3 is 15.1 Å². The molecule has 1 heterocycles. The first-order chi connectivity index (χ1) is 9.65. The Bertz CT molecular complexity index is 299. The van der Waals surface area contributed by atoms with Crippen LogP contribution in [0.1, 0.15) is 39.5 Å². The fraction of sp³-hybridized carbons (Fsp3) is 0.867. The van der Waals surface area contributed by atoms with E-state index >= 15 is 0 Å². The summed E-state index contributed by atoms with van der Waals surface area (Å²) in [4.78, 5) is 27.5. The third-order valence-corrected chi connectivity index (χ3v) is 3.79. The number of hydrogen-bond donors (Lipinski definition) is 1. The quantitative estimate of drug-likeness (QED) is 0.683. The third kappa shape index (κ3) is 7.01. The topological polar surface area (TPSA) is 52.7 Å². The van der Waals surface area contributed by atoms with Gasteiger partial charge in [0.1, 0.15) is 5.78 Å². The minimum atomic E-state index is 0.155. The summed E-state index contributed by atoms with van der Waals surface area (Å²) in [5.41, 5.74) is 0. The maximum atomic E-state index is 11.5. The minimum absolute atomic E-state index is 0.155. The van der Waals surface area contributed by atoms with Crippen molar-refractivity contribution in [2.75, 3.05) is 45.8 Å². The number of ketones is 1. The van der Waals surface area contributed by atoms with Crippen LogP contribution in [0.3, 0.4) is 0 Å². The molecule has 1 aliphatic heterocycles. The summed E-state index contributed by atoms with van der Waals surface area (Å²) < 4.78 is 0. The van der Waals surface area contributed by atoms with Crippen molar-refractivity contribution in [3.05, 3.63) is 0 Å². The molecule has 116 valence electrons. The molecule has 0 spiro atoms. The van der Waals surface area contributed by atoms with E-state index < -0.39 is 0 Å². The lowest BCUT2D eigenvalue weighted by Crippen LogP contribution is -2.47. The van der Waals surface area contributed by atoms with Gasteiger partial charge in [0.05, 0.1) is 0 Å². The summed E-state index contributed by atoms with van der Waals surface area (Å²) in [6.07, 6.45) is 2.90. The first-order valence-electron chi connectivity index (χ1n) is 7.88. The molecule has 5 nitrogen and oxygen atoms in total.